The van der Waals surface area contributed by atoms with Gasteiger partial charge in [-0.2, -0.15) is 37.2 Å². The third kappa shape index (κ3) is 5.53. The Bertz CT molecular complexity index is 2160. The second-order valence-electron chi connectivity index (χ2n) is 13.8. The van der Waals surface area contributed by atoms with Crippen LogP contribution >= 0.6 is 11.3 Å². The van der Waals surface area contributed by atoms with Gasteiger partial charge in [-0.15, -0.1) is 11.3 Å². The van der Waals surface area contributed by atoms with E-state index in [0.29, 0.717) is 43.2 Å². The largest absolute Gasteiger partial charge is 0.461 e. The molecular weight excluding hydrogens is 706 g/mol. The van der Waals surface area contributed by atoms with Gasteiger partial charge in [-0.1, -0.05) is 6.07 Å². The summed E-state index contributed by atoms with van der Waals surface area (Å²) in [6.45, 7) is 0.822. The van der Waals surface area contributed by atoms with E-state index in [9.17, 15) is 22.8 Å². The first kappa shape index (κ1) is 33.9. The van der Waals surface area contributed by atoms with Gasteiger partial charge in [0, 0.05) is 54.5 Å². The molecule has 268 valence electrons. The Kier molecular flexibility index (Phi) is 7.89. The molecule has 4 aromatic rings. The lowest BCUT2D eigenvalue weighted by Gasteiger charge is -2.40. The Morgan fingerprint density at radius 1 is 1.20 bits per heavy atom. The monoisotopic (exact) mass is 735 g/mol. The van der Waals surface area contributed by atoms with Crippen LogP contribution in [0.5, 0.6) is 6.01 Å². The van der Waals surface area contributed by atoms with Gasteiger partial charge in [0.25, 0.3) is 6.08 Å². The third-order valence-electron chi connectivity index (χ3n) is 10.7. The lowest BCUT2D eigenvalue weighted by molar-refractivity contribution is -0.137. The predicted molar refractivity (Wildman–Crippen MR) is 174 cm³/mol. The number of aromatic nitrogens is 2. The minimum atomic E-state index is -5.17. The average Bonchev–Trinajstić information content (AvgIpc) is 3.78. The number of anilines is 2. The molecule has 0 radical (unpaired) electrons. The number of nitrogen functional groups attached to an aromatic ring is 1. The number of thiophene rings is 1. The summed E-state index contributed by atoms with van der Waals surface area (Å²) >= 11 is 0.651. The maximum atomic E-state index is 17.1. The van der Waals surface area contributed by atoms with E-state index in [1.54, 1.807) is 6.07 Å². The van der Waals surface area contributed by atoms with Crippen LogP contribution < -0.4 is 20.7 Å². The Morgan fingerprint density at radius 2 is 2.00 bits per heavy atom. The number of fused-ring (bicyclic) bond motifs is 5. The molecule has 0 aliphatic carbocycles. The van der Waals surface area contributed by atoms with Crippen molar-refractivity contribution >= 4 is 43.1 Å². The third-order valence-corrected chi connectivity index (χ3v) is 11.7. The van der Waals surface area contributed by atoms with E-state index in [2.05, 4.69) is 15.3 Å². The van der Waals surface area contributed by atoms with Crippen molar-refractivity contribution < 1.29 is 39.9 Å². The van der Waals surface area contributed by atoms with Crippen molar-refractivity contribution in [1.82, 2.24) is 20.2 Å². The minimum Gasteiger partial charge on any atom is -0.461 e. The van der Waals surface area contributed by atoms with Gasteiger partial charge < -0.3 is 20.7 Å². The highest BCUT2D eigenvalue weighted by atomic mass is 32.1. The van der Waals surface area contributed by atoms with E-state index >= 15 is 17.6 Å². The fourth-order valence-electron chi connectivity index (χ4n) is 8.58. The average molecular weight is 736 g/mol. The summed E-state index contributed by atoms with van der Waals surface area (Å²) in [6, 6.07) is 3.60. The summed E-state index contributed by atoms with van der Waals surface area (Å²) in [4.78, 5) is 12.3. The van der Waals surface area contributed by atoms with Crippen molar-refractivity contribution in [3.8, 4) is 23.2 Å². The fraction of sp³-hybridized carbons (Fsp3) is 0.441. The van der Waals surface area contributed by atoms with Crippen LogP contribution in [0.25, 0.3) is 32.1 Å². The second kappa shape index (κ2) is 11.9. The highest BCUT2D eigenvalue weighted by Gasteiger charge is 2.50. The Balaban J connectivity index is 1.35. The molecule has 3 N–H and O–H groups in total. The molecule has 2 aromatic heterocycles. The standard InChI is InChI=1S/C34H29F8N7OS/c35-16-9-33(5-1-7-49(33)12-16)15-50-31-45-27-19(30(46-31)48-13-17-4-6-32(14-48,47-17)10-23(37)38)8-21(34(40,41)42)25(26(27)39)18-2-3-22(36)28-24(18)20(11-43)29(44)51-28/h2-3,8,10,16-17,47H,1,4-7,9,12-15,44H2/t16-,17+,32+,33+/m1/s1. The number of nitriles is 1. The first-order valence-corrected chi connectivity index (χ1v) is 17.1. The van der Waals surface area contributed by atoms with E-state index in [-0.39, 0.29) is 76.6 Å². The maximum absolute atomic E-state index is 17.1. The van der Waals surface area contributed by atoms with Crippen LogP contribution in [0.2, 0.25) is 0 Å². The van der Waals surface area contributed by atoms with Crippen LogP contribution in [0, 0.1) is 23.0 Å². The number of hydrogen-bond acceptors (Lipinski definition) is 9. The molecule has 4 saturated heterocycles. The van der Waals surface area contributed by atoms with Crippen LogP contribution in [0.15, 0.2) is 30.4 Å². The van der Waals surface area contributed by atoms with Crippen molar-refractivity contribution in [2.24, 2.45) is 0 Å². The number of halogens is 8. The van der Waals surface area contributed by atoms with E-state index in [0.717, 1.165) is 24.6 Å². The van der Waals surface area contributed by atoms with Crippen molar-refractivity contribution in [1.29, 1.82) is 5.26 Å². The Morgan fingerprint density at radius 3 is 2.75 bits per heavy atom. The summed E-state index contributed by atoms with van der Waals surface area (Å²) in [5, 5.41) is 12.2. The summed E-state index contributed by atoms with van der Waals surface area (Å²) < 4.78 is 125. The topological polar surface area (TPSA) is 103 Å². The molecule has 0 unspecified atom stereocenters. The van der Waals surface area contributed by atoms with Gasteiger partial charge in [0.1, 0.15) is 41.0 Å². The zero-order valence-electron chi connectivity index (χ0n) is 26.7. The van der Waals surface area contributed by atoms with Gasteiger partial charge in [0.15, 0.2) is 5.82 Å². The van der Waals surface area contributed by atoms with E-state index in [1.165, 1.54) is 4.90 Å². The number of alkyl halides is 4. The van der Waals surface area contributed by atoms with Gasteiger partial charge in [-0.3, -0.25) is 4.90 Å². The number of benzene rings is 2. The summed E-state index contributed by atoms with van der Waals surface area (Å²) in [6.07, 6.45) is -5.00. The second-order valence-corrected chi connectivity index (χ2v) is 14.9. The van der Waals surface area contributed by atoms with E-state index in [4.69, 9.17) is 10.5 Å². The number of hydrogen-bond donors (Lipinski definition) is 2. The highest BCUT2D eigenvalue weighted by Crippen LogP contribution is 2.49. The highest BCUT2D eigenvalue weighted by molar-refractivity contribution is 7.23. The molecule has 8 rings (SSSR count). The lowest BCUT2D eigenvalue weighted by atomic mass is 9.92. The first-order chi connectivity index (χ1) is 24.2. The van der Waals surface area contributed by atoms with Crippen LogP contribution in [0.1, 0.15) is 43.2 Å². The molecule has 4 fully saturated rings. The Hall–Kier alpha value is -4.27. The molecule has 4 aliphatic heterocycles. The smallest absolute Gasteiger partial charge is 0.417 e. The van der Waals surface area contributed by atoms with Crippen LogP contribution in [-0.2, 0) is 6.18 Å². The van der Waals surface area contributed by atoms with Crippen molar-refractivity contribution in [3.63, 3.8) is 0 Å². The van der Waals surface area contributed by atoms with Gasteiger partial charge in [-0.25, -0.2) is 13.2 Å². The van der Waals surface area contributed by atoms with Gasteiger partial charge >= 0.3 is 12.2 Å². The molecule has 2 bridgehead atoms. The van der Waals surface area contributed by atoms with Crippen LogP contribution in [0.4, 0.5) is 45.9 Å². The zero-order valence-corrected chi connectivity index (χ0v) is 27.5. The summed E-state index contributed by atoms with van der Waals surface area (Å²) in [5.41, 5.74) is 0.319. The number of nitrogens with two attached hydrogens (primary N) is 1. The molecule has 8 nitrogen and oxygen atoms in total. The van der Waals surface area contributed by atoms with Gasteiger partial charge in [-0.05, 0) is 49.9 Å². The molecule has 51 heavy (non-hydrogen) atoms. The molecular formula is C34H29F8N7OS. The lowest BCUT2D eigenvalue weighted by Crippen LogP contribution is -2.59. The molecule has 4 aliphatic rings. The van der Waals surface area contributed by atoms with E-state index < -0.39 is 63.3 Å². The zero-order chi connectivity index (χ0) is 36.0. The molecule has 0 spiro atoms. The Labute approximate surface area is 289 Å². The molecule has 6 heterocycles. The molecule has 17 heteroatoms. The number of ether oxygens (including phenoxy) is 1. The fourth-order valence-corrected chi connectivity index (χ4v) is 9.53. The van der Waals surface area contributed by atoms with Crippen LogP contribution in [0.3, 0.4) is 0 Å². The first-order valence-electron chi connectivity index (χ1n) is 16.3. The normalized spacial score (nSPS) is 26.2. The summed E-state index contributed by atoms with van der Waals surface area (Å²) in [7, 11) is 0. The number of nitrogens with zero attached hydrogens (tertiary/aromatic N) is 5. The molecule has 0 saturated carbocycles. The van der Waals surface area contributed by atoms with Crippen molar-refractivity contribution in [3.05, 3.63) is 53.1 Å². The number of piperazine rings is 1. The SMILES string of the molecule is N#Cc1c(N)sc2c(F)ccc(-c3c(C(F)(F)F)cc4c(N5C[C@@H]6CC[C@](C=C(F)F)(C5)N6)nc(OC[C@@]56CCCN5C[C@H](F)C6)nc4c3F)c12. The maximum Gasteiger partial charge on any atom is 0.417 e. The van der Waals surface area contributed by atoms with Gasteiger partial charge in [0.05, 0.1) is 26.9 Å². The molecule has 0 amide bonds. The quantitative estimate of drug-likeness (QED) is 0.199. The van der Waals surface area contributed by atoms with E-state index in [1.807, 2.05) is 4.90 Å². The molecule has 2 aromatic carbocycles. The number of rotatable bonds is 6. The van der Waals surface area contributed by atoms with Crippen molar-refractivity contribution in [2.45, 2.75) is 61.6 Å². The number of nitrogens with one attached hydrogen (secondary N) is 1. The minimum absolute atomic E-state index is 0.0737. The van der Waals surface area contributed by atoms with Crippen molar-refractivity contribution in [2.75, 3.05) is 43.4 Å². The predicted octanol–water partition coefficient (Wildman–Crippen LogP) is 7.31. The van der Waals surface area contributed by atoms with Gasteiger partial charge in [0.2, 0.25) is 0 Å². The summed E-state index contributed by atoms with van der Waals surface area (Å²) in [5.74, 6) is -2.46. The molecule has 4 atom stereocenters. The van der Waals surface area contributed by atoms with Crippen LogP contribution in [-0.4, -0.2) is 70.9 Å².